The van der Waals surface area contributed by atoms with E-state index in [1.54, 1.807) is 0 Å². The van der Waals surface area contributed by atoms with Gasteiger partial charge >= 0.3 is 5.97 Å². The predicted octanol–water partition coefficient (Wildman–Crippen LogP) is 2.53. The molecule has 6 nitrogen and oxygen atoms in total. The molecule has 0 saturated carbocycles. The van der Waals surface area contributed by atoms with Crippen molar-refractivity contribution in [3.63, 3.8) is 0 Å². The number of halogens is 1. The van der Waals surface area contributed by atoms with Crippen molar-refractivity contribution >= 4 is 30.0 Å². The second-order valence-electron chi connectivity index (χ2n) is 6.83. The van der Waals surface area contributed by atoms with Gasteiger partial charge in [-0.3, -0.25) is 19.4 Å². The van der Waals surface area contributed by atoms with Crippen molar-refractivity contribution in [2.24, 2.45) is 0 Å². The highest BCUT2D eigenvalue weighted by Gasteiger charge is 2.25. The number of nitrogens with zero attached hydrogens (tertiary/aromatic N) is 2. The molecule has 7 heteroatoms. The molecule has 0 bridgehead atoms. The van der Waals surface area contributed by atoms with Crippen LogP contribution in [-0.2, 0) is 9.59 Å². The number of amides is 1. The summed E-state index contributed by atoms with van der Waals surface area (Å²) in [6.07, 6.45) is 1.80. The average molecular weight is 384 g/mol. The van der Waals surface area contributed by atoms with Crippen molar-refractivity contribution in [3.8, 4) is 0 Å². The maximum Gasteiger partial charge on any atom is 0.317 e. The Kier molecular flexibility index (Phi) is 9.05. The Bertz CT molecular complexity index is 616. The molecule has 1 heterocycles. The fourth-order valence-corrected chi connectivity index (χ4v) is 3.46. The van der Waals surface area contributed by atoms with Crippen LogP contribution in [-0.4, -0.2) is 65.5 Å². The summed E-state index contributed by atoms with van der Waals surface area (Å²) in [6.45, 7) is 8.88. The van der Waals surface area contributed by atoms with Crippen molar-refractivity contribution in [2.45, 2.75) is 39.7 Å². The van der Waals surface area contributed by atoms with Crippen LogP contribution in [0.4, 0.5) is 5.69 Å². The van der Waals surface area contributed by atoms with Gasteiger partial charge in [-0.1, -0.05) is 24.6 Å². The summed E-state index contributed by atoms with van der Waals surface area (Å²) < 4.78 is 0. The van der Waals surface area contributed by atoms with Gasteiger partial charge in [-0.25, -0.2) is 0 Å². The summed E-state index contributed by atoms with van der Waals surface area (Å²) in [7, 11) is 0. The lowest BCUT2D eigenvalue weighted by Gasteiger charge is -2.37. The average Bonchev–Trinajstić information content (AvgIpc) is 2.56. The highest BCUT2D eigenvalue weighted by molar-refractivity contribution is 5.93. The number of anilines is 1. The van der Waals surface area contributed by atoms with Crippen molar-refractivity contribution in [1.82, 2.24) is 9.80 Å². The Hall–Kier alpha value is -1.63. The van der Waals surface area contributed by atoms with Crippen LogP contribution in [0.15, 0.2) is 18.2 Å². The zero-order valence-corrected chi connectivity index (χ0v) is 16.6. The van der Waals surface area contributed by atoms with E-state index in [0.29, 0.717) is 12.6 Å². The highest BCUT2D eigenvalue weighted by atomic mass is 35.5. The van der Waals surface area contributed by atoms with E-state index in [1.165, 1.54) is 5.56 Å². The van der Waals surface area contributed by atoms with Gasteiger partial charge in [0.15, 0.2) is 0 Å². The number of hydrogen-bond donors (Lipinski definition) is 2. The molecule has 1 fully saturated rings. The molecule has 0 spiro atoms. The van der Waals surface area contributed by atoms with Gasteiger partial charge in [0.2, 0.25) is 5.91 Å². The second kappa shape index (κ2) is 10.5. The number of likely N-dealkylation sites (tertiary alicyclic amines) is 1. The number of likely N-dealkylation sites (N-methyl/N-ethyl adjacent to an activating group) is 1. The first-order chi connectivity index (χ1) is 11.9. The van der Waals surface area contributed by atoms with Gasteiger partial charge in [0.05, 0.1) is 13.1 Å². The number of hydrogen-bond acceptors (Lipinski definition) is 4. The maximum atomic E-state index is 12.3. The first kappa shape index (κ1) is 22.4. The van der Waals surface area contributed by atoms with E-state index < -0.39 is 5.97 Å². The molecule has 2 rings (SSSR count). The number of carbonyl (C=O) groups excluding carboxylic acids is 1. The molecule has 1 amide bonds. The Morgan fingerprint density at radius 2 is 1.92 bits per heavy atom. The van der Waals surface area contributed by atoms with E-state index in [2.05, 4.69) is 16.3 Å². The van der Waals surface area contributed by atoms with Crippen molar-refractivity contribution in [1.29, 1.82) is 0 Å². The summed E-state index contributed by atoms with van der Waals surface area (Å²) in [5.74, 6) is -0.777. The number of aliphatic carboxylic acids is 1. The number of carboxylic acid groups (broad SMARTS) is 1. The monoisotopic (exact) mass is 383 g/mol. The molecule has 0 atom stereocenters. The van der Waals surface area contributed by atoms with Crippen LogP contribution in [0, 0.1) is 13.8 Å². The lowest BCUT2D eigenvalue weighted by molar-refractivity contribution is -0.139. The molecule has 0 aromatic heterocycles. The van der Waals surface area contributed by atoms with E-state index in [-0.39, 0.29) is 24.9 Å². The Balaban J connectivity index is 0.00000338. The normalized spacial score (nSPS) is 15.5. The number of piperidine rings is 1. The zero-order chi connectivity index (χ0) is 18.4. The van der Waals surface area contributed by atoms with Crippen LogP contribution < -0.4 is 5.32 Å². The minimum absolute atomic E-state index is 0. The van der Waals surface area contributed by atoms with Crippen LogP contribution in [0.3, 0.4) is 0 Å². The van der Waals surface area contributed by atoms with Crippen LogP contribution >= 0.6 is 12.4 Å². The number of nitrogens with one attached hydrogen (secondary N) is 1. The molecule has 1 aromatic rings. The van der Waals surface area contributed by atoms with Crippen LogP contribution in [0.1, 0.15) is 30.9 Å². The molecule has 2 N–H and O–H groups in total. The van der Waals surface area contributed by atoms with Gasteiger partial charge in [0, 0.05) is 24.8 Å². The summed E-state index contributed by atoms with van der Waals surface area (Å²) in [5, 5.41) is 12.0. The van der Waals surface area contributed by atoms with E-state index in [0.717, 1.165) is 43.7 Å². The molecule has 0 aliphatic carbocycles. The topological polar surface area (TPSA) is 72.9 Å². The number of aryl methyl sites for hydroxylation is 2. The number of carboxylic acids is 1. The lowest BCUT2D eigenvalue weighted by Crippen LogP contribution is -2.48. The maximum absolute atomic E-state index is 12.3. The molecule has 26 heavy (non-hydrogen) atoms. The van der Waals surface area contributed by atoms with Crippen molar-refractivity contribution in [3.05, 3.63) is 29.3 Å². The SMILES string of the molecule is CCN(CC(=O)O)C1CCN(CC(=O)Nc2ccc(C)cc2C)CC1.Cl. The Labute approximate surface area is 162 Å². The van der Waals surface area contributed by atoms with Gasteiger partial charge in [-0.05, 0) is 44.9 Å². The van der Waals surface area contributed by atoms with E-state index in [9.17, 15) is 9.59 Å². The summed E-state index contributed by atoms with van der Waals surface area (Å²) in [5.41, 5.74) is 3.11. The fourth-order valence-electron chi connectivity index (χ4n) is 3.46. The zero-order valence-electron chi connectivity index (χ0n) is 15.8. The Morgan fingerprint density at radius 1 is 1.27 bits per heavy atom. The van der Waals surface area contributed by atoms with Gasteiger partial charge in [-0.2, -0.15) is 0 Å². The molecule has 0 radical (unpaired) electrons. The van der Waals surface area contributed by atoms with Crippen molar-refractivity contribution < 1.29 is 14.7 Å². The van der Waals surface area contributed by atoms with Crippen LogP contribution in [0.2, 0.25) is 0 Å². The molecule has 1 aromatic carbocycles. The quantitative estimate of drug-likeness (QED) is 0.757. The Morgan fingerprint density at radius 3 is 2.46 bits per heavy atom. The number of rotatable bonds is 7. The van der Waals surface area contributed by atoms with E-state index in [1.807, 2.05) is 37.8 Å². The van der Waals surface area contributed by atoms with E-state index >= 15 is 0 Å². The molecular weight excluding hydrogens is 354 g/mol. The smallest absolute Gasteiger partial charge is 0.317 e. The largest absolute Gasteiger partial charge is 0.480 e. The molecule has 146 valence electrons. The summed E-state index contributed by atoms with van der Waals surface area (Å²) in [4.78, 5) is 27.4. The summed E-state index contributed by atoms with van der Waals surface area (Å²) >= 11 is 0. The molecule has 1 saturated heterocycles. The van der Waals surface area contributed by atoms with Gasteiger partial charge in [0.25, 0.3) is 0 Å². The van der Waals surface area contributed by atoms with Crippen molar-refractivity contribution in [2.75, 3.05) is 38.0 Å². The molecular formula is C19H30ClN3O3. The fraction of sp³-hybridized carbons (Fsp3) is 0.579. The predicted molar refractivity (Wildman–Crippen MR) is 106 cm³/mol. The third-order valence-corrected chi connectivity index (χ3v) is 4.84. The molecule has 1 aliphatic rings. The minimum Gasteiger partial charge on any atom is -0.480 e. The second-order valence-corrected chi connectivity index (χ2v) is 6.83. The van der Waals surface area contributed by atoms with E-state index in [4.69, 9.17) is 5.11 Å². The first-order valence-corrected chi connectivity index (χ1v) is 8.94. The standard InChI is InChI=1S/C19H29N3O3.ClH/c1-4-22(13-19(24)25)16-7-9-21(10-8-16)12-18(23)20-17-6-5-14(2)11-15(17)3;/h5-6,11,16H,4,7-10,12-13H2,1-3H3,(H,20,23)(H,24,25);1H. The third kappa shape index (κ3) is 6.59. The molecule has 1 aliphatic heterocycles. The van der Waals surface area contributed by atoms with Gasteiger partial charge in [0.1, 0.15) is 0 Å². The first-order valence-electron chi connectivity index (χ1n) is 8.94. The highest BCUT2D eigenvalue weighted by Crippen LogP contribution is 2.18. The molecule has 0 unspecified atom stereocenters. The third-order valence-electron chi connectivity index (χ3n) is 4.84. The number of benzene rings is 1. The van der Waals surface area contributed by atoms with Crippen LogP contribution in [0.25, 0.3) is 0 Å². The minimum atomic E-state index is -0.780. The number of carbonyl (C=O) groups is 2. The van der Waals surface area contributed by atoms with Gasteiger partial charge < -0.3 is 10.4 Å². The van der Waals surface area contributed by atoms with Gasteiger partial charge in [-0.15, -0.1) is 12.4 Å². The lowest BCUT2D eigenvalue weighted by atomic mass is 10.0. The summed E-state index contributed by atoms with van der Waals surface area (Å²) in [6, 6.07) is 6.29. The van der Waals surface area contributed by atoms with Crippen LogP contribution in [0.5, 0.6) is 0 Å².